The number of carbonyl (C=O) groups is 1. The maximum absolute atomic E-state index is 13.1. The fourth-order valence-corrected chi connectivity index (χ4v) is 6.39. The van der Waals surface area contributed by atoms with Crippen LogP contribution in [-0.2, 0) is 14.8 Å². The summed E-state index contributed by atoms with van der Waals surface area (Å²) >= 11 is 1.47. The van der Waals surface area contributed by atoms with Gasteiger partial charge in [0.1, 0.15) is 11.5 Å². The number of carboxylic acid groups (broad SMARTS) is 1. The van der Waals surface area contributed by atoms with Crippen molar-refractivity contribution < 1.29 is 41.0 Å². The van der Waals surface area contributed by atoms with Crippen LogP contribution in [0.5, 0.6) is 11.5 Å². The van der Waals surface area contributed by atoms with Crippen molar-refractivity contribution in [3.63, 3.8) is 0 Å². The lowest BCUT2D eigenvalue weighted by Gasteiger charge is -2.24. The number of aryl methyl sites for hydroxylation is 1. The third-order valence-electron chi connectivity index (χ3n) is 4.93. The zero-order chi connectivity index (χ0) is 24.2. The highest BCUT2D eigenvalue weighted by molar-refractivity contribution is 7.99. The topological polar surface area (TPSA) is 93.1 Å². The molecule has 0 bridgehead atoms. The van der Waals surface area contributed by atoms with Gasteiger partial charge in [-0.25, -0.2) is 13.2 Å². The first-order valence-electron chi connectivity index (χ1n) is 9.91. The molecule has 2 aromatic carbocycles. The second kappa shape index (κ2) is 10.2. The van der Waals surface area contributed by atoms with E-state index in [4.69, 9.17) is 9.84 Å². The summed E-state index contributed by atoms with van der Waals surface area (Å²) in [6, 6.07) is 9.21. The summed E-state index contributed by atoms with van der Waals surface area (Å²) in [5.74, 6) is -0.604. The van der Waals surface area contributed by atoms with Crippen molar-refractivity contribution >= 4 is 27.8 Å². The van der Waals surface area contributed by atoms with E-state index in [0.29, 0.717) is 30.9 Å². The molecule has 0 radical (unpaired) electrons. The molecule has 3 rings (SSSR count). The first kappa shape index (κ1) is 25.2. The van der Waals surface area contributed by atoms with E-state index in [1.54, 1.807) is 19.1 Å². The molecule has 1 N–H and O–H groups in total. The van der Waals surface area contributed by atoms with E-state index < -0.39 is 34.7 Å². The Morgan fingerprint density at radius 3 is 2.52 bits per heavy atom. The lowest BCUT2D eigenvalue weighted by Crippen LogP contribution is -2.36. The smallest absolute Gasteiger partial charge is 0.482 e. The lowest BCUT2D eigenvalue weighted by atomic mass is 10.2. The highest BCUT2D eigenvalue weighted by Gasteiger charge is 2.36. The third kappa shape index (κ3) is 6.78. The van der Waals surface area contributed by atoms with Crippen molar-refractivity contribution in [1.82, 2.24) is 4.31 Å². The van der Waals surface area contributed by atoms with Crippen LogP contribution >= 0.6 is 11.8 Å². The number of halogens is 3. The van der Waals surface area contributed by atoms with E-state index in [1.807, 2.05) is 6.07 Å². The maximum Gasteiger partial charge on any atom is 0.573 e. The summed E-state index contributed by atoms with van der Waals surface area (Å²) in [6.07, 6.45) is -3.50. The van der Waals surface area contributed by atoms with Gasteiger partial charge in [0.25, 0.3) is 0 Å². The van der Waals surface area contributed by atoms with Crippen molar-refractivity contribution in [3.8, 4) is 11.5 Å². The molecular formula is C21H22F3NO6S2. The molecule has 1 heterocycles. The Morgan fingerprint density at radius 2 is 1.91 bits per heavy atom. The maximum atomic E-state index is 13.1. The van der Waals surface area contributed by atoms with E-state index in [9.17, 15) is 26.4 Å². The van der Waals surface area contributed by atoms with Crippen molar-refractivity contribution in [2.75, 3.05) is 18.9 Å². The molecule has 1 fully saturated rings. The van der Waals surface area contributed by atoms with Crippen LogP contribution < -0.4 is 9.47 Å². The van der Waals surface area contributed by atoms with Gasteiger partial charge < -0.3 is 14.6 Å². The van der Waals surface area contributed by atoms with Gasteiger partial charge in [-0.1, -0.05) is 0 Å². The Hall–Kier alpha value is -2.44. The Balaban J connectivity index is 1.65. The first-order valence-corrected chi connectivity index (χ1v) is 12.3. The lowest BCUT2D eigenvalue weighted by molar-refractivity contribution is -0.274. The molecule has 0 amide bonds. The van der Waals surface area contributed by atoms with Crippen LogP contribution in [0.4, 0.5) is 13.2 Å². The van der Waals surface area contributed by atoms with Crippen LogP contribution in [-0.4, -0.2) is 55.1 Å². The van der Waals surface area contributed by atoms with E-state index >= 15 is 0 Å². The van der Waals surface area contributed by atoms with Gasteiger partial charge in [-0.2, -0.15) is 4.31 Å². The molecule has 2 aromatic rings. The quantitative estimate of drug-likeness (QED) is 0.508. The molecule has 1 saturated heterocycles. The Kier molecular flexibility index (Phi) is 7.80. The minimum atomic E-state index is -4.85. The van der Waals surface area contributed by atoms with Crippen LogP contribution in [0, 0.1) is 6.92 Å². The van der Waals surface area contributed by atoms with Crippen molar-refractivity contribution in [2.24, 2.45) is 0 Å². The summed E-state index contributed by atoms with van der Waals surface area (Å²) in [5.41, 5.74) is 0.762. The molecule has 1 aliphatic rings. The van der Waals surface area contributed by atoms with Gasteiger partial charge in [0.15, 0.2) is 6.61 Å². The number of carboxylic acids is 1. The van der Waals surface area contributed by atoms with Gasteiger partial charge >= 0.3 is 12.3 Å². The summed E-state index contributed by atoms with van der Waals surface area (Å²) in [7, 11) is -3.88. The van der Waals surface area contributed by atoms with Crippen LogP contribution in [0.25, 0.3) is 0 Å². The van der Waals surface area contributed by atoms with Gasteiger partial charge in [0, 0.05) is 23.2 Å². The molecule has 1 unspecified atom stereocenters. The molecule has 1 atom stereocenters. The number of aliphatic carboxylic acids is 1. The first-order chi connectivity index (χ1) is 15.5. The van der Waals surface area contributed by atoms with Gasteiger partial charge in [-0.05, 0) is 67.8 Å². The Bertz CT molecular complexity index is 1090. The Morgan fingerprint density at radius 1 is 1.21 bits per heavy atom. The van der Waals surface area contributed by atoms with Crippen LogP contribution in [0.3, 0.4) is 0 Å². The molecule has 1 aliphatic heterocycles. The van der Waals surface area contributed by atoms with Crippen LogP contribution in [0.2, 0.25) is 0 Å². The Labute approximate surface area is 193 Å². The molecule has 7 nitrogen and oxygen atoms in total. The number of sulfonamides is 1. The van der Waals surface area contributed by atoms with Gasteiger partial charge in [0.2, 0.25) is 10.0 Å². The summed E-state index contributed by atoms with van der Waals surface area (Å²) < 4.78 is 73.5. The predicted molar refractivity (Wildman–Crippen MR) is 115 cm³/mol. The van der Waals surface area contributed by atoms with Gasteiger partial charge in [-0.3, -0.25) is 0 Å². The number of hydrogen-bond donors (Lipinski definition) is 1. The number of hydrogen-bond acceptors (Lipinski definition) is 6. The average Bonchev–Trinajstić information content (AvgIpc) is 3.20. The fraction of sp³-hybridized carbons (Fsp3) is 0.381. The van der Waals surface area contributed by atoms with E-state index in [1.165, 1.54) is 16.1 Å². The molecule has 0 spiro atoms. The number of benzene rings is 2. The molecule has 0 aliphatic carbocycles. The van der Waals surface area contributed by atoms with Gasteiger partial charge in [0.05, 0.1) is 4.90 Å². The highest BCUT2D eigenvalue weighted by atomic mass is 32.2. The SMILES string of the molecule is Cc1cc(SCC2CCCN2S(=O)(=O)c2ccc(OC(F)(F)F)cc2)ccc1OCC(=O)O. The van der Waals surface area contributed by atoms with Gasteiger partial charge in [-0.15, -0.1) is 24.9 Å². The number of ether oxygens (including phenoxy) is 2. The van der Waals surface area contributed by atoms with E-state index in [-0.39, 0.29) is 10.9 Å². The molecule has 33 heavy (non-hydrogen) atoms. The summed E-state index contributed by atoms with van der Waals surface area (Å²) in [4.78, 5) is 11.4. The second-order valence-electron chi connectivity index (χ2n) is 7.35. The van der Waals surface area contributed by atoms with E-state index in [2.05, 4.69) is 4.74 Å². The zero-order valence-corrected chi connectivity index (χ0v) is 19.2. The van der Waals surface area contributed by atoms with Crippen molar-refractivity contribution in [1.29, 1.82) is 0 Å². The molecule has 0 aromatic heterocycles. The normalized spacial score (nSPS) is 17.2. The average molecular weight is 506 g/mol. The minimum absolute atomic E-state index is 0.0929. The number of nitrogens with zero attached hydrogens (tertiary/aromatic N) is 1. The molecular weight excluding hydrogens is 483 g/mol. The second-order valence-corrected chi connectivity index (χ2v) is 10.3. The molecule has 12 heteroatoms. The molecule has 180 valence electrons. The summed E-state index contributed by atoms with van der Waals surface area (Å²) in [5, 5.41) is 8.72. The van der Waals surface area contributed by atoms with Crippen molar-refractivity contribution in [2.45, 2.75) is 42.0 Å². The van der Waals surface area contributed by atoms with Crippen LogP contribution in [0.15, 0.2) is 52.3 Å². The zero-order valence-electron chi connectivity index (χ0n) is 17.5. The minimum Gasteiger partial charge on any atom is -0.482 e. The van der Waals surface area contributed by atoms with Crippen LogP contribution in [0.1, 0.15) is 18.4 Å². The number of alkyl halides is 3. The number of thioether (sulfide) groups is 1. The summed E-state index contributed by atoms with van der Waals surface area (Å²) in [6.45, 7) is 1.68. The largest absolute Gasteiger partial charge is 0.573 e. The number of rotatable bonds is 9. The standard InChI is InChI=1S/C21H22F3NO6S2/c1-14-11-17(6-9-19(14)30-12-20(26)27)32-13-15-3-2-10-25(15)33(28,29)18-7-4-16(5-8-18)31-21(22,23)24/h4-9,11,15H,2-3,10,12-13H2,1H3,(H,26,27). The predicted octanol–water partition coefficient (Wildman–Crippen LogP) is 4.30. The fourth-order valence-electron chi connectivity index (χ4n) is 3.45. The van der Waals surface area contributed by atoms with Crippen molar-refractivity contribution in [3.05, 3.63) is 48.0 Å². The highest BCUT2D eigenvalue weighted by Crippen LogP contribution is 2.33. The van der Waals surface area contributed by atoms with E-state index in [0.717, 1.165) is 34.7 Å². The monoisotopic (exact) mass is 505 g/mol. The third-order valence-corrected chi connectivity index (χ3v) is 8.03. The molecule has 0 saturated carbocycles.